The molecular weight excluding hydrogens is 426 g/mol. The molecule has 2 aliphatic rings. The van der Waals surface area contributed by atoms with Gasteiger partial charge in [-0.25, -0.2) is 14.6 Å². The number of nitrogens with zero attached hydrogens (tertiary/aromatic N) is 2. The number of oxazole rings is 1. The highest BCUT2D eigenvalue weighted by Gasteiger charge is 2.39. The number of alkyl carbamates (subject to hydrolysis) is 1. The molecule has 3 aromatic rings. The number of likely N-dealkylation sites (tertiary alicyclic amines) is 1. The minimum Gasteiger partial charge on any atom is -0.480 e. The Kier molecular flexibility index (Phi) is 5.29. The van der Waals surface area contributed by atoms with Crippen LogP contribution in [0.15, 0.2) is 59.3 Å². The number of aromatic nitrogens is 1. The summed E-state index contributed by atoms with van der Waals surface area (Å²) in [7, 11) is 0. The van der Waals surface area contributed by atoms with Gasteiger partial charge in [-0.05, 0) is 28.7 Å². The summed E-state index contributed by atoms with van der Waals surface area (Å²) in [6, 6.07) is 15.2. The Morgan fingerprint density at radius 2 is 1.76 bits per heavy atom. The van der Waals surface area contributed by atoms with Crippen molar-refractivity contribution < 1.29 is 28.6 Å². The summed E-state index contributed by atoms with van der Waals surface area (Å²) < 4.78 is 10.7. The van der Waals surface area contributed by atoms with Crippen LogP contribution >= 0.6 is 0 Å². The highest BCUT2D eigenvalue weighted by atomic mass is 16.5. The molecule has 2 heterocycles. The number of fused-ring (bicyclic) bond motifs is 3. The van der Waals surface area contributed by atoms with Crippen LogP contribution in [0.25, 0.3) is 11.1 Å². The monoisotopic (exact) mass is 447 g/mol. The topological polar surface area (TPSA) is 122 Å². The number of carbonyl (C=O) groups excluding carboxylic acids is 2. The standard InChI is InChI=1S/C24H21N3O6/c28-22(27-10-9-19(27)23(29)30)21-20(33-13-26-21)11-25-24(31)32-12-18-16-7-3-1-5-14(16)15-6-2-4-8-17(15)18/h1-8,13,18-19H,9-12H2,(H,25,31)(H,29,30). The van der Waals surface area contributed by atoms with Crippen molar-refractivity contribution in [2.45, 2.75) is 24.9 Å². The van der Waals surface area contributed by atoms with Gasteiger partial charge in [0.2, 0.25) is 0 Å². The van der Waals surface area contributed by atoms with E-state index >= 15 is 0 Å². The predicted molar refractivity (Wildman–Crippen MR) is 115 cm³/mol. The Morgan fingerprint density at radius 1 is 1.09 bits per heavy atom. The number of benzene rings is 2. The maximum absolute atomic E-state index is 12.6. The number of ether oxygens (including phenoxy) is 1. The molecule has 0 bridgehead atoms. The maximum atomic E-state index is 12.6. The summed E-state index contributed by atoms with van der Waals surface area (Å²) in [4.78, 5) is 41.3. The van der Waals surface area contributed by atoms with Crippen LogP contribution in [0.4, 0.5) is 4.79 Å². The van der Waals surface area contributed by atoms with E-state index in [1.165, 1.54) is 4.90 Å². The van der Waals surface area contributed by atoms with Crippen LogP contribution in [0.2, 0.25) is 0 Å². The van der Waals surface area contributed by atoms with E-state index in [1.54, 1.807) is 0 Å². The number of rotatable bonds is 6. The lowest BCUT2D eigenvalue weighted by atomic mass is 9.98. The predicted octanol–water partition coefficient (Wildman–Crippen LogP) is 3.01. The van der Waals surface area contributed by atoms with Gasteiger partial charge < -0.3 is 24.5 Å². The van der Waals surface area contributed by atoms with Crippen molar-refractivity contribution in [3.63, 3.8) is 0 Å². The van der Waals surface area contributed by atoms with Crippen molar-refractivity contribution in [2.24, 2.45) is 0 Å². The lowest BCUT2D eigenvalue weighted by Crippen LogP contribution is -2.55. The minimum absolute atomic E-state index is 0.0140. The van der Waals surface area contributed by atoms with Crippen LogP contribution < -0.4 is 5.32 Å². The van der Waals surface area contributed by atoms with E-state index in [-0.39, 0.29) is 30.5 Å². The third kappa shape index (κ3) is 3.71. The molecule has 9 nitrogen and oxygen atoms in total. The van der Waals surface area contributed by atoms with E-state index in [0.29, 0.717) is 13.0 Å². The molecule has 0 radical (unpaired) electrons. The molecule has 1 aliphatic heterocycles. The largest absolute Gasteiger partial charge is 0.480 e. The van der Waals surface area contributed by atoms with Crippen LogP contribution in [-0.2, 0) is 16.1 Å². The second-order valence-corrected chi connectivity index (χ2v) is 7.94. The van der Waals surface area contributed by atoms with Crippen molar-refractivity contribution in [1.29, 1.82) is 0 Å². The molecule has 1 aliphatic carbocycles. The molecule has 168 valence electrons. The van der Waals surface area contributed by atoms with Gasteiger partial charge >= 0.3 is 12.1 Å². The van der Waals surface area contributed by atoms with Crippen molar-refractivity contribution >= 4 is 18.0 Å². The first-order valence-electron chi connectivity index (χ1n) is 10.6. The maximum Gasteiger partial charge on any atom is 0.407 e. The van der Waals surface area contributed by atoms with E-state index in [1.807, 2.05) is 36.4 Å². The van der Waals surface area contributed by atoms with Crippen LogP contribution in [0.3, 0.4) is 0 Å². The first kappa shape index (κ1) is 20.7. The number of hydrogen-bond acceptors (Lipinski definition) is 6. The smallest absolute Gasteiger partial charge is 0.407 e. The van der Waals surface area contributed by atoms with Crippen LogP contribution in [0.1, 0.15) is 39.7 Å². The summed E-state index contributed by atoms with van der Waals surface area (Å²) in [6.45, 7) is 0.390. The van der Waals surface area contributed by atoms with Crippen molar-refractivity contribution in [1.82, 2.24) is 15.2 Å². The molecule has 1 atom stereocenters. The lowest BCUT2D eigenvalue weighted by molar-refractivity contribution is -0.146. The van der Waals surface area contributed by atoms with Gasteiger partial charge in [-0.15, -0.1) is 0 Å². The van der Waals surface area contributed by atoms with Crippen molar-refractivity contribution in [2.75, 3.05) is 13.2 Å². The van der Waals surface area contributed by atoms with Crippen LogP contribution in [-0.4, -0.2) is 52.2 Å². The van der Waals surface area contributed by atoms with Crippen molar-refractivity contribution in [3.05, 3.63) is 77.5 Å². The summed E-state index contributed by atoms with van der Waals surface area (Å²) in [6.07, 6.45) is 0.836. The Hall–Kier alpha value is -4.14. The summed E-state index contributed by atoms with van der Waals surface area (Å²) in [5, 5.41) is 11.7. The van der Waals surface area contributed by atoms with E-state index in [2.05, 4.69) is 22.4 Å². The number of amides is 2. The summed E-state index contributed by atoms with van der Waals surface area (Å²) in [5.74, 6) is -1.52. The highest BCUT2D eigenvalue weighted by Crippen LogP contribution is 2.44. The first-order valence-corrected chi connectivity index (χ1v) is 10.6. The summed E-state index contributed by atoms with van der Waals surface area (Å²) >= 11 is 0. The lowest BCUT2D eigenvalue weighted by Gasteiger charge is -2.37. The number of aliphatic carboxylic acids is 1. The molecule has 2 amide bonds. The van der Waals surface area contributed by atoms with Crippen LogP contribution in [0, 0.1) is 0 Å². The van der Waals surface area contributed by atoms with Gasteiger partial charge in [0.1, 0.15) is 12.6 Å². The molecule has 1 fully saturated rings. The van der Waals surface area contributed by atoms with E-state index in [4.69, 9.17) is 14.3 Å². The molecule has 5 rings (SSSR count). The Morgan fingerprint density at radius 3 is 2.36 bits per heavy atom. The SMILES string of the molecule is O=C(NCc1ocnc1C(=O)N1CCC1C(=O)O)OCC1c2ccccc2-c2ccccc21. The molecule has 33 heavy (non-hydrogen) atoms. The molecule has 2 aromatic carbocycles. The third-order valence-electron chi connectivity index (χ3n) is 6.15. The molecular formula is C24H21N3O6. The fraction of sp³-hybridized carbons (Fsp3) is 0.250. The Labute approximate surface area is 189 Å². The minimum atomic E-state index is -1.06. The number of carboxylic acid groups (broad SMARTS) is 1. The molecule has 1 unspecified atom stereocenters. The van der Waals surface area contributed by atoms with Gasteiger partial charge in [0.25, 0.3) is 5.91 Å². The van der Waals surface area contributed by atoms with Crippen molar-refractivity contribution in [3.8, 4) is 11.1 Å². The number of hydrogen-bond donors (Lipinski definition) is 2. The molecule has 2 N–H and O–H groups in total. The van der Waals surface area contributed by atoms with E-state index < -0.39 is 24.0 Å². The third-order valence-corrected chi connectivity index (χ3v) is 6.15. The fourth-order valence-electron chi connectivity index (χ4n) is 4.40. The van der Waals surface area contributed by atoms with Crippen LogP contribution in [0.5, 0.6) is 0 Å². The Balaban J connectivity index is 1.21. The molecule has 0 spiro atoms. The zero-order valence-corrected chi connectivity index (χ0v) is 17.6. The number of carbonyl (C=O) groups is 3. The average Bonchev–Trinajstić information content (AvgIpc) is 3.38. The van der Waals surface area contributed by atoms with Gasteiger partial charge in [-0.3, -0.25) is 4.79 Å². The molecule has 9 heteroatoms. The van der Waals surface area contributed by atoms with Gasteiger partial charge in [0.15, 0.2) is 17.8 Å². The number of nitrogens with one attached hydrogen (secondary N) is 1. The van der Waals surface area contributed by atoms with E-state index in [9.17, 15) is 14.4 Å². The Bertz CT molecular complexity index is 1190. The van der Waals surface area contributed by atoms with Gasteiger partial charge in [-0.1, -0.05) is 48.5 Å². The fourth-order valence-corrected chi connectivity index (χ4v) is 4.40. The van der Waals surface area contributed by atoms with Gasteiger partial charge in [0.05, 0.1) is 6.54 Å². The first-order chi connectivity index (χ1) is 16.0. The van der Waals surface area contributed by atoms with Gasteiger partial charge in [0, 0.05) is 12.5 Å². The highest BCUT2D eigenvalue weighted by molar-refractivity contribution is 5.96. The van der Waals surface area contributed by atoms with E-state index in [0.717, 1.165) is 28.6 Å². The second-order valence-electron chi connectivity index (χ2n) is 7.94. The average molecular weight is 447 g/mol. The normalized spacial score (nSPS) is 16.5. The number of carboxylic acids is 1. The second kappa shape index (κ2) is 8.42. The zero-order chi connectivity index (χ0) is 22.9. The molecule has 0 saturated carbocycles. The quantitative estimate of drug-likeness (QED) is 0.596. The van der Waals surface area contributed by atoms with Gasteiger partial charge in [-0.2, -0.15) is 0 Å². The summed E-state index contributed by atoms with van der Waals surface area (Å²) in [5.41, 5.74) is 4.48. The molecule has 1 aromatic heterocycles. The molecule has 1 saturated heterocycles. The zero-order valence-electron chi connectivity index (χ0n) is 17.6.